The molecule has 3 heterocycles. The molecule has 1 aliphatic heterocycles. The summed E-state index contributed by atoms with van der Waals surface area (Å²) in [6, 6.07) is 4.23. The molecule has 0 bridgehead atoms. The Kier molecular flexibility index (Phi) is 2.54. The third kappa shape index (κ3) is 1.98. The SMILES string of the molecule is Cc1nc2c(c(=O)[nH]1)CN(C(=O)c1cccn1C1CC1)C2. The first-order chi connectivity index (χ1) is 10.1. The molecule has 6 heteroatoms. The maximum absolute atomic E-state index is 12.7. The van der Waals surface area contributed by atoms with Gasteiger partial charge in [0.15, 0.2) is 0 Å². The van der Waals surface area contributed by atoms with Gasteiger partial charge in [0.05, 0.1) is 24.3 Å². The largest absolute Gasteiger partial charge is 0.340 e. The highest BCUT2D eigenvalue weighted by atomic mass is 16.2. The smallest absolute Gasteiger partial charge is 0.271 e. The molecule has 1 saturated carbocycles. The number of amides is 1. The number of carbonyl (C=O) groups excluding carboxylic acids is 1. The Labute approximate surface area is 121 Å². The van der Waals surface area contributed by atoms with Gasteiger partial charge in [-0.15, -0.1) is 0 Å². The molecule has 0 atom stereocenters. The van der Waals surface area contributed by atoms with Crippen LogP contribution in [-0.4, -0.2) is 25.3 Å². The fourth-order valence-electron chi connectivity index (χ4n) is 2.94. The Morgan fingerprint density at radius 3 is 2.95 bits per heavy atom. The molecule has 4 rings (SSSR count). The van der Waals surface area contributed by atoms with Crippen molar-refractivity contribution in [1.29, 1.82) is 0 Å². The van der Waals surface area contributed by atoms with Crippen molar-refractivity contribution in [3.63, 3.8) is 0 Å². The average Bonchev–Trinajstić information content (AvgIpc) is 3.01. The van der Waals surface area contributed by atoms with Gasteiger partial charge in [0.25, 0.3) is 11.5 Å². The summed E-state index contributed by atoms with van der Waals surface area (Å²) in [5, 5.41) is 0. The number of aromatic amines is 1. The zero-order chi connectivity index (χ0) is 14.6. The monoisotopic (exact) mass is 284 g/mol. The summed E-state index contributed by atoms with van der Waals surface area (Å²) >= 11 is 0. The van der Waals surface area contributed by atoms with Gasteiger partial charge in [0, 0.05) is 12.2 Å². The lowest BCUT2D eigenvalue weighted by molar-refractivity contribution is 0.0739. The third-order valence-corrected chi connectivity index (χ3v) is 4.13. The molecule has 1 aliphatic carbocycles. The highest BCUT2D eigenvalue weighted by Gasteiger charge is 2.32. The van der Waals surface area contributed by atoms with Crippen LogP contribution in [0.3, 0.4) is 0 Å². The minimum Gasteiger partial charge on any atom is -0.340 e. The van der Waals surface area contributed by atoms with E-state index in [1.165, 1.54) is 0 Å². The van der Waals surface area contributed by atoms with Gasteiger partial charge in [0.1, 0.15) is 11.5 Å². The maximum atomic E-state index is 12.7. The lowest BCUT2D eigenvalue weighted by Crippen LogP contribution is -2.28. The average molecular weight is 284 g/mol. The van der Waals surface area contributed by atoms with Crippen LogP contribution in [-0.2, 0) is 13.1 Å². The van der Waals surface area contributed by atoms with Crippen LogP contribution in [0.15, 0.2) is 23.1 Å². The predicted molar refractivity (Wildman–Crippen MR) is 75.9 cm³/mol. The fraction of sp³-hybridized carbons (Fsp3) is 0.400. The van der Waals surface area contributed by atoms with Crippen LogP contribution in [0.25, 0.3) is 0 Å². The molecule has 0 radical (unpaired) electrons. The van der Waals surface area contributed by atoms with Crippen LogP contribution in [0.5, 0.6) is 0 Å². The Morgan fingerprint density at radius 1 is 1.38 bits per heavy atom. The molecule has 1 N–H and O–H groups in total. The number of rotatable bonds is 2. The van der Waals surface area contributed by atoms with Gasteiger partial charge in [0.2, 0.25) is 0 Å². The minimum atomic E-state index is -0.134. The molecule has 108 valence electrons. The third-order valence-electron chi connectivity index (χ3n) is 4.13. The zero-order valence-electron chi connectivity index (χ0n) is 11.8. The van der Waals surface area contributed by atoms with E-state index in [9.17, 15) is 9.59 Å². The van der Waals surface area contributed by atoms with Crippen molar-refractivity contribution in [2.24, 2.45) is 0 Å². The molecule has 0 saturated heterocycles. The normalized spacial score (nSPS) is 17.1. The number of nitrogens with one attached hydrogen (secondary N) is 1. The van der Waals surface area contributed by atoms with Gasteiger partial charge >= 0.3 is 0 Å². The van der Waals surface area contributed by atoms with Crippen LogP contribution in [0.1, 0.15) is 46.5 Å². The molecular formula is C15H16N4O2. The summed E-state index contributed by atoms with van der Waals surface area (Å²) in [7, 11) is 0. The van der Waals surface area contributed by atoms with Gasteiger partial charge in [-0.1, -0.05) is 0 Å². The van der Waals surface area contributed by atoms with Gasteiger partial charge in [-0.25, -0.2) is 4.98 Å². The van der Waals surface area contributed by atoms with Gasteiger partial charge in [-0.05, 0) is 31.9 Å². The van der Waals surface area contributed by atoms with Crippen molar-refractivity contribution in [3.05, 3.63) is 51.5 Å². The first kappa shape index (κ1) is 12.4. The first-order valence-electron chi connectivity index (χ1n) is 7.18. The van der Waals surface area contributed by atoms with Crippen molar-refractivity contribution >= 4 is 5.91 Å². The highest BCUT2D eigenvalue weighted by molar-refractivity contribution is 5.93. The standard InChI is InChI=1S/C15H16N4O2/c1-9-16-12-8-18(7-11(12)14(20)17-9)15(21)13-3-2-6-19(13)10-4-5-10/h2-3,6,10H,4-5,7-8H2,1H3,(H,16,17,20). The van der Waals surface area contributed by atoms with E-state index in [4.69, 9.17) is 0 Å². The molecule has 2 aromatic rings. The van der Waals surface area contributed by atoms with Crippen molar-refractivity contribution < 1.29 is 4.79 Å². The second-order valence-corrected chi connectivity index (χ2v) is 5.77. The fourth-order valence-corrected chi connectivity index (χ4v) is 2.94. The van der Waals surface area contributed by atoms with Crippen LogP contribution < -0.4 is 5.56 Å². The van der Waals surface area contributed by atoms with Gasteiger partial charge < -0.3 is 14.5 Å². The molecule has 6 nitrogen and oxygen atoms in total. The van der Waals surface area contributed by atoms with Crippen molar-refractivity contribution in [1.82, 2.24) is 19.4 Å². The summed E-state index contributed by atoms with van der Waals surface area (Å²) < 4.78 is 2.05. The Morgan fingerprint density at radius 2 is 2.19 bits per heavy atom. The number of hydrogen-bond donors (Lipinski definition) is 1. The van der Waals surface area contributed by atoms with Gasteiger partial charge in [-0.3, -0.25) is 9.59 Å². The summed E-state index contributed by atoms with van der Waals surface area (Å²) in [6.45, 7) is 2.51. The summed E-state index contributed by atoms with van der Waals surface area (Å²) in [5.41, 5.74) is 1.90. The maximum Gasteiger partial charge on any atom is 0.271 e. The van der Waals surface area contributed by atoms with Crippen molar-refractivity contribution in [2.75, 3.05) is 0 Å². The molecular weight excluding hydrogens is 268 g/mol. The Balaban J connectivity index is 1.64. The molecule has 21 heavy (non-hydrogen) atoms. The van der Waals surface area contributed by atoms with Crippen LogP contribution in [0.2, 0.25) is 0 Å². The number of nitrogens with zero attached hydrogens (tertiary/aromatic N) is 3. The first-order valence-corrected chi connectivity index (χ1v) is 7.18. The molecule has 1 amide bonds. The van der Waals surface area contributed by atoms with Crippen molar-refractivity contribution in [2.45, 2.75) is 38.9 Å². The number of carbonyl (C=O) groups is 1. The zero-order valence-corrected chi connectivity index (χ0v) is 11.8. The highest BCUT2D eigenvalue weighted by Crippen LogP contribution is 2.36. The van der Waals surface area contributed by atoms with E-state index >= 15 is 0 Å². The van der Waals surface area contributed by atoms with E-state index in [1.807, 2.05) is 22.9 Å². The van der Waals surface area contributed by atoms with E-state index in [2.05, 4.69) is 9.97 Å². The predicted octanol–water partition coefficient (Wildman–Crippen LogP) is 1.37. The van der Waals surface area contributed by atoms with Crippen LogP contribution in [0, 0.1) is 6.92 Å². The number of fused-ring (bicyclic) bond motifs is 1. The number of aryl methyl sites for hydroxylation is 1. The van der Waals surface area contributed by atoms with E-state index < -0.39 is 0 Å². The minimum absolute atomic E-state index is 0.0260. The number of hydrogen-bond acceptors (Lipinski definition) is 3. The van der Waals surface area contributed by atoms with Gasteiger partial charge in [-0.2, -0.15) is 0 Å². The topological polar surface area (TPSA) is 71.0 Å². The molecule has 0 unspecified atom stereocenters. The summed E-state index contributed by atoms with van der Waals surface area (Å²) in [6.07, 6.45) is 4.23. The molecule has 0 aromatic carbocycles. The lowest BCUT2D eigenvalue weighted by atomic mass is 10.3. The molecule has 1 fully saturated rings. The van der Waals surface area contributed by atoms with E-state index in [-0.39, 0.29) is 11.5 Å². The number of aromatic nitrogens is 3. The summed E-state index contributed by atoms with van der Waals surface area (Å²) in [4.78, 5) is 33.4. The second kappa shape index (κ2) is 4.31. The molecule has 2 aromatic heterocycles. The Bertz CT molecular complexity index is 785. The van der Waals surface area contributed by atoms with E-state index in [1.54, 1.807) is 11.8 Å². The second-order valence-electron chi connectivity index (χ2n) is 5.77. The number of H-pyrrole nitrogens is 1. The molecule has 2 aliphatic rings. The van der Waals surface area contributed by atoms with E-state index in [0.717, 1.165) is 12.8 Å². The molecule has 0 spiro atoms. The lowest BCUT2D eigenvalue weighted by Gasteiger charge is -2.16. The quantitative estimate of drug-likeness (QED) is 0.905. The van der Waals surface area contributed by atoms with Crippen LogP contribution in [0.4, 0.5) is 0 Å². The van der Waals surface area contributed by atoms with Crippen LogP contribution >= 0.6 is 0 Å². The van der Waals surface area contributed by atoms with E-state index in [0.29, 0.717) is 41.9 Å². The van der Waals surface area contributed by atoms with Crippen molar-refractivity contribution in [3.8, 4) is 0 Å². The Hall–Kier alpha value is -2.37. The summed E-state index contributed by atoms with van der Waals surface area (Å²) in [5.74, 6) is 0.566.